The molecule has 0 amide bonds. The summed E-state index contributed by atoms with van der Waals surface area (Å²) in [5, 5.41) is 3.45. The summed E-state index contributed by atoms with van der Waals surface area (Å²) in [6.07, 6.45) is 0.212. The van der Waals surface area contributed by atoms with Crippen molar-refractivity contribution < 1.29 is 13.9 Å². The van der Waals surface area contributed by atoms with Crippen LogP contribution < -0.4 is 10.1 Å². The molecule has 0 bridgehead atoms. The predicted octanol–water partition coefficient (Wildman–Crippen LogP) is 2.21. The number of benzene rings is 1. The number of ether oxygens (including phenoxy) is 2. The number of hydrogen-bond donors (Lipinski definition) is 1. The standard InChI is InChI=1S/C16H25FN2O2/c1-4-19-7-8-21-14(11-19)10-18-12(2)13-5-6-15(17)16(9-13)20-3/h5-6,9,12,14,18H,4,7-8,10-11H2,1-3H3. The van der Waals surface area contributed by atoms with E-state index in [9.17, 15) is 4.39 Å². The molecule has 1 N–H and O–H groups in total. The molecule has 0 spiro atoms. The lowest BCUT2D eigenvalue weighted by Gasteiger charge is -2.32. The summed E-state index contributed by atoms with van der Waals surface area (Å²) in [5.41, 5.74) is 1.01. The quantitative estimate of drug-likeness (QED) is 0.872. The molecule has 118 valence electrons. The highest BCUT2D eigenvalue weighted by Gasteiger charge is 2.20. The Hall–Kier alpha value is -1.17. The maximum atomic E-state index is 13.4. The van der Waals surface area contributed by atoms with Crippen LogP contribution in [0, 0.1) is 5.82 Å². The minimum absolute atomic E-state index is 0.125. The zero-order valence-corrected chi connectivity index (χ0v) is 13.1. The van der Waals surface area contributed by atoms with E-state index in [4.69, 9.17) is 9.47 Å². The molecule has 2 unspecified atom stereocenters. The minimum atomic E-state index is -0.331. The molecule has 2 rings (SSSR count). The Kier molecular flexibility index (Phi) is 5.96. The molecule has 1 fully saturated rings. The molecule has 1 saturated heterocycles. The smallest absolute Gasteiger partial charge is 0.165 e. The third-order valence-corrected chi connectivity index (χ3v) is 4.00. The van der Waals surface area contributed by atoms with Gasteiger partial charge in [0.1, 0.15) is 0 Å². The molecule has 1 heterocycles. The fourth-order valence-corrected chi connectivity index (χ4v) is 2.56. The number of rotatable bonds is 6. The molecule has 0 radical (unpaired) electrons. The maximum Gasteiger partial charge on any atom is 0.165 e. The number of morpholine rings is 1. The number of likely N-dealkylation sites (N-methyl/N-ethyl adjacent to an activating group) is 1. The molecule has 1 aromatic carbocycles. The fourth-order valence-electron chi connectivity index (χ4n) is 2.56. The summed E-state index contributed by atoms with van der Waals surface area (Å²) >= 11 is 0. The van der Waals surface area contributed by atoms with Crippen molar-refractivity contribution in [2.75, 3.05) is 39.9 Å². The summed E-state index contributed by atoms with van der Waals surface area (Å²) in [7, 11) is 1.48. The molecule has 21 heavy (non-hydrogen) atoms. The van der Waals surface area contributed by atoms with E-state index in [2.05, 4.69) is 24.1 Å². The zero-order chi connectivity index (χ0) is 15.2. The molecule has 0 aliphatic carbocycles. The van der Waals surface area contributed by atoms with Crippen LogP contribution in [0.15, 0.2) is 18.2 Å². The summed E-state index contributed by atoms with van der Waals surface area (Å²) < 4.78 is 24.2. The van der Waals surface area contributed by atoms with Gasteiger partial charge in [0.05, 0.1) is 19.8 Å². The number of methoxy groups -OCH3 is 1. The predicted molar refractivity (Wildman–Crippen MR) is 81.2 cm³/mol. The SMILES string of the molecule is CCN1CCOC(CNC(C)c2ccc(F)c(OC)c2)C1. The first kappa shape index (κ1) is 16.2. The monoisotopic (exact) mass is 296 g/mol. The minimum Gasteiger partial charge on any atom is -0.494 e. The van der Waals surface area contributed by atoms with Crippen molar-refractivity contribution in [3.05, 3.63) is 29.6 Å². The Morgan fingerprint density at radius 2 is 2.33 bits per heavy atom. The van der Waals surface area contributed by atoms with Crippen LogP contribution in [0.3, 0.4) is 0 Å². The fraction of sp³-hybridized carbons (Fsp3) is 0.625. The van der Waals surface area contributed by atoms with Crippen LogP contribution in [-0.4, -0.2) is 50.9 Å². The molecular formula is C16H25FN2O2. The molecule has 1 aliphatic heterocycles. The van der Waals surface area contributed by atoms with Crippen molar-refractivity contribution in [1.29, 1.82) is 0 Å². The summed E-state index contributed by atoms with van der Waals surface area (Å²) in [4.78, 5) is 2.39. The molecule has 1 aromatic rings. The molecule has 2 atom stereocenters. The van der Waals surface area contributed by atoms with Gasteiger partial charge in [0.25, 0.3) is 0 Å². The lowest BCUT2D eigenvalue weighted by atomic mass is 10.1. The van der Waals surface area contributed by atoms with E-state index in [-0.39, 0.29) is 23.7 Å². The first-order valence-electron chi connectivity index (χ1n) is 7.54. The van der Waals surface area contributed by atoms with Gasteiger partial charge in [-0.1, -0.05) is 13.0 Å². The highest BCUT2D eigenvalue weighted by atomic mass is 19.1. The number of nitrogens with one attached hydrogen (secondary N) is 1. The average molecular weight is 296 g/mol. The normalized spacial score (nSPS) is 21.2. The van der Waals surface area contributed by atoms with Crippen molar-refractivity contribution in [1.82, 2.24) is 10.2 Å². The van der Waals surface area contributed by atoms with Crippen molar-refractivity contribution in [3.8, 4) is 5.75 Å². The van der Waals surface area contributed by atoms with Gasteiger partial charge in [-0.15, -0.1) is 0 Å². The van der Waals surface area contributed by atoms with E-state index >= 15 is 0 Å². The van der Waals surface area contributed by atoms with Crippen LogP contribution >= 0.6 is 0 Å². The van der Waals surface area contributed by atoms with E-state index in [1.807, 2.05) is 0 Å². The second-order valence-electron chi connectivity index (χ2n) is 5.41. The van der Waals surface area contributed by atoms with Crippen LogP contribution in [0.5, 0.6) is 5.75 Å². The number of halogens is 1. The Morgan fingerprint density at radius 3 is 3.05 bits per heavy atom. The third-order valence-electron chi connectivity index (χ3n) is 4.00. The zero-order valence-electron chi connectivity index (χ0n) is 13.1. The second kappa shape index (κ2) is 7.73. The molecule has 5 heteroatoms. The Morgan fingerprint density at radius 1 is 1.52 bits per heavy atom. The molecule has 0 aromatic heterocycles. The Labute approximate surface area is 126 Å². The van der Waals surface area contributed by atoms with Crippen LogP contribution in [0.4, 0.5) is 4.39 Å². The topological polar surface area (TPSA) is 33.7 Å². The van der Waals surface area contributed by atoms with Crippen molar-refractivity contribution in [2.45, 2.75) is 26.0 Å². The summed E-state index contributed by atoms with van der Waals surface area (Å²) in [6.45, 7) is 8.85. The first-order chi connectivity index (χ1) is 10.1. The second-order valence-corrected chi connectivity index (χ2v) is 5.41. The van der Waals surface area contributed by atoms with Crippen LogP contribution in [0.1, 0.15) is 25.5 Å². The average Bonchev–Trinajstić information content (AvgIpc) is 2.53. The van der Waals surface area contributed by atoms with Gasteiger partial charge in [0, 0.05) is 25.7 Å². The van der Waals surface area contributed by atoms with Crippen LogP contribution in [0.2, 0.25) is 0 Å². The summed E-state index contributed by atoms with van der Waals surface area (Å²) in [5.74, 6) is -0.0464. The maximum absolute atomic E-state index is 13.4. The van der Waals surface area contributed by atoms with Gasteiger partial charge in [0.2, 0.25) is 0 Å². The van der Waals surface area contributed by atoms with Gasteiger partial charge in [-0.3, -0.25) is 4.90 Å². The van der Waals surface area contributed by atoms with E-state index < -0.39 is 0 Å². The van der Waals surface area contributed by atoms with Crippen molar-refractivity contribution >= 4 is 0 Å². The van der Waals surface area contributed by atoms with Gasteiger partial charge >= 0.3 is 0 Å². The number of hydrogen-bond acceptors (Lipinski definition) is 4. The van der Waals surface area contributed by atoms with E-state index in [0.29, 0.717) is 0 Å². The largest absolute Gasteiger partial charge is 0.494 e. The van der Waals surface area contributed by atoms with Gasteiger partial charge in [-0.05, 0) is 31.2 Å². The summed E-state index contributed by atoms with van der Waals surface area (Å²) in [6, 6.07) is 5.10. The van der Waals surface area contributed by atoms with Gasteiger partial charge < -0.3 is 14.8 Å². The third kappa shape index (κ3) is 4.40. The molecule has 1 aliphatic rings. The molecular weight excluding hydrogens is 271 g/mol. The highest BCUT2D eigenvalue weighted by Crippen LogP contribution is 2.22. The molecule has 4 nitrogen and oxygen atoms in total. The van der Waals surface area contributed by atoms with Gasteiger partial charge in [-0.2, -0.15) is 0 Å². The van der Waals surface area contributed by atoms with Crippen molar-refractivity contribution in [2.24, 2.45) is 0 Å². The van der Waals surface area contributed by atoms with Gasteiger partial charge in [-0.25, -0.2) is 4.39 Å². The van der Waals surface area contributed by atoms with E-state index in [1.165, 1.54) is 13.2 Å². The first-order valence-corrected chi connectivity index (χ1v) is 7.54. The van der Waals surface area contributed by atoms with E-state index in [1.54, 1.807) is 12.1 Å². The Bertz CT molecular complexity index is 456. The number of nitrogens with zero attached hydrogens (tertiary/aromatic N) is 1. The van der Waals surface area contributed by atoms with Gasteiger partial charge in [0.15, 0.2) is 11.6 Å². The highest BCUT2D eigenvalue weighted by molar-refractivity contribution is 5.31. The lowest BCUT2D eigenvalue weighted by molar-refractivity contribution is -0.0262. The van der Waals surface area contributed by atoms with Crippen LogP contribution in [-0.2, 0) is 4.74 Å². The Balaban J connectivity index is 1.88. The molecule has 0 saturated carbocycles. The lowest BCUT2D eigenvalue weighted by Crippen LogP contribution is -2.46. The van der Waals surface area contributed by atoms with Crippen molar-refractivity contribution in [3.63, 3.8) is 0 Å². The van der Waals surface area contributed by atoms with E-state index in [0.717, 1.165) is 38.3 Å². The van der Waals surface area contributed by atoms with Crippen LogP contribution in [0.25, 0.3) is 0 Å².